The van der Waals surface area contributed by atoms with Crippen molar-refractivity contribution in [1.82, 2.24) is 14.1 Å². The molecule has 0 unspecified atom stereocenters. The van der Waals surface area contributed by atoms with Gasteiger partial charge in [-0.2, -0.15) is 0 Å². The lowest BCUT2D eigenvalue weighted by Gasteiger charge is -2.12. The van der Waals surface area contributed by atoms with Crippen molar-refractivity contribution in [3.05, 3.63) is 85.1 Å². The lowest BCUT2D eigenvalue weighted by molar-refractivity contribution is 0.281. The van der Waals surface area contributed by atoms with Gasteiger partial charge in [-0.3, -0.25) is 0 Å². The average Bonchev–Trinajstić information content (AvgIpc) is 3.34. The van der Waals surface area contributed by atoms with Crippen LogP contribution in [0, 0.1) is 0 Å². The molecular formula is C19H17N3O. The fraction of sp³-hybridized carbons (Fsp3) is 0.0526. The van der Waals surface area contributed by atoms with Crippen LogP contribution in [-0.2, 0) is 6.61 Å². The quantitative estimate of drug-likeness (QED) is 0.592. The summed E-state index contributed by atoms with van der Waals surface area (Å²) in [6, 6.07) is 16.1. The molecule has 3 heterocycles. The highest BCUT2D eigenvalue weighted by atomic mass is 16.3. The Hall–Kier alpha value is -2.98. The van der Waals surface area contributed by atoms with Gasteiger partial charge >= 0.3 is 0 Å². The van der Waals surface area contributed by atoms with Gasteiger partial charge in [0.2, 0.25) is 0 Å². The van der Waals surface area contributed by atoms with Crippen molar-refractivity contribution in [1.29, 1.82) is 0 Å². The van der Waals surface area contributed by atoms with Gasteiger partial charge in [-0.15, -0.1) is 0 Å². The minimum atomic E-state index is 0.0137. The van der Waals surface area contributed by atoms with Crippen LogP contribution in [0.2, 0.25) is 0 Å². The third kappa shape index (κ3) is 2.39. The van der Waals surface area contributed by atoms with Crippen LogP contribution in [0.15, 0.2) is 79.5 Å². The first-order chi connectivity index (χ1) is 11.4. The molecule has 0 radical (unpaired) electrons. The van der Waals surface area contributed by atoms with Crippen LogP contribution in [0.3, 0.4) is 0 Å². The van der Waals surface area contributed by atoms with Crippen molar-refractivity contribution in [3.63, 3.8) is 0 Å². The summed E-state index contributed by atoms with van der Waals surface area (Å²) in [6.45, 7) is 0.0137. The fourth-order valence-corrected chi connectivity index (χ4v) is 2.88. The van der Waals surface area contributed by atoms with Crippen LogP contribution in [0.4, 0.5) is 0 Å². The summed E-state index contributed by atoms with van der Waals surface area (Å²) >= 11 is 0. The highest BCUT2D eigenvalue weighted by molar-refractivity contribution is 5.66. The summed E-state index contributed by atoms with van der Waals surface area (Å²) in [5.41, 5.74) is 5.16. The second-order valence-electron chi connectivity index (χ2n) is 5.43. The predicted molar refractivity (Wildman–Crippen MR) is 90.8 cm³/mol. The largest absolute Gasteiger partial charge is 0.392 e. The Morgan fingerprint density at radius 3 is 2.57 bits per heavy atom. The molecule has 4 rings (SSSR count). The summed E-state index contributed by atoms with van der Waals surface area (Å²) < 4.78 is 4.21. The molecule has 0 atom stereocenters. The minimum Gasteiger partial charge on any atom is -0.392 e. The highest BCUT2D eigenvalue weighted by Crippen LogP contribution is 2.29. The molecule has 3 aromatic heterocycles. The number of nitrogens with zero attached hydrogens (tertiary/aromatic N) is 2. The lowest BCUT2D eigenvalue weighted by Crippen LogP contribution is -2.00. The van der Waals surface area contributed by atoms with Gasteiger partial charge in [0.05, 0.1) is 23.7 Å². The van der Waals surface area contributed by atoms with Crippen molar-refractivity contribution < 1.29 is 5.11 Å². The number of aromatic amines is 1. The first kappa shape index (κ1) is 13.7. The van der Waals surface area contributed by atoms with Gasteiger partial charge < -0.3 is 19.2 Å². The fourth-order valence-electron chi connectivity index (χ4n) is 2.88. The number of benzene rings is 1. The van der Waals surface area contributed by atoms with Gasteiger partial charge in [-0.05, 0) is 30.3 Å². The molecular weight excluding hydrogens is 286 g/mol. The lowest BCUT2D eigenvalue weighted by atomic mass is 10.1. The van der Waals surface area contributed by atoms with Crippen LogP contribution in [0.5, 0.6) is 0 Å². The molecule has 0 saturated heterocycles. The normalized spacial score (nSPS) is 11.0. The molecule has 0 fully saturated rings. The van der Waals surface area contributed by atoms with Gasteiger partial charge in [0.15, 0.2) is 0 Å². The summed E-state index contributed by atoms with van der Waals surface area (Å²) in [5.74, 6) is 0. The van der Waals surface area contributed by atoms with Crippen LogP contribution in [-0.4, -0.2) is 19.2 Å². The van der Waals surface area contributed by atoms with Gasteiger partial charge in [-0.1, -0.05) is 18.2 Å². The molecule has 0 saturated carbocycles. The Kier molecular flexibility index (Phi) is 3.37. The molecule has 0 aliphatic heterocycles. The molecule has 0 aliphatic carbocycles. The third-order valence-corrected chi connectivity index (χ3v) is 4.02. The van der Waals surface area contributed by atoms with Crippen molar-refractivity contribution in [2.45, 2.75) is 6.61 Å². The van der Waals surface area contributed by atoms with E-state index in [1.54, 1.807) is 0 Å². The predicted octanol–water partition coefficient (Wildman–Crippen LogP) is 3.76. The van der Waals surface area contributed by atoms with E-state index in [1.165, 1.54) is 0 Å². The first-order valence-electron chi connectivity index (χ1n) is 7.55. The third-order valence-electron chi connectivity index (χ3n) is 4.02. The van der Waals surface area contributed by atoms with Crippen LogP contribution >= 0.6 is 0 Å². The van der Waals surface area contributed by atoms with Gasteiger partial charge in [0.25, 0.3) is 0 Å². The van der Waals surface area contributed by atoms with Crippen molar-refractivity contribution in [2.75, 3.05) is 0 Å². The number of H-pyrrole nitrogens is 1. The van der Waals surface area contributed by atoms with E-state index in [0.717, 1.165) is 28.2 Å². The second-order valence-corrected chi connectivity index (χ2v) is 5.43. The van der Waals surface area contributed by atoms with E-state index in [4.69, 9.17) is 0 Å². The van der Waals surface area contributed by atoms with Crippen LogP contribution in [0.1, 0.15) is 5.56 Å². The van der Waals surface area contributed by atoms with Crippen molar-refractivity contribution in [3.8, 4) is 22.6 Å². The van der Waals surface area contributed by atoms with E-state index in [0.29, 0.717) is 0 Å². The number of rotatable bonds is 4. The van der Waals surface area contributed by atoms with Crippen LogP contribution in [0.25, 0.3) is 22.6 Å². The van der Waals surface area contributed by atoms with Gasteiger partial charge in [-0.25, -0.2) is 0 Å². The molecule has 4 aromatic rings. The Morgan fingerprint density at radius 2 is 1.83 bits per heavy atom. The molecule has 0 amide bonds. The molecule has 0 aliphatic rings. The molecule has 4 nitrogen and oxygen atoms in total. The summed E-state index contributed by atoms with van der Waals surface area (Å²) in [4.78, 5) is 3.11. The highest BCUT2D eigenvalue weighted by Gasteiger charge is 2.13. The van der Waals surface area contributed by atoms with E-state index in [2.05, 4.69) is 26.4 Å². The smallest absolute Gasteiger partial charge is 0.0702 e. The van der Waals surface area contributed by atoms with Crippen molar-refractivity contribution in [2.24, 2.45) is 0 Å². The van der Waals surface area contributed by atoms with E-state index in [9.17, 15) is 5.11 Å². The maximum absolute atomic E-state index is 9.67. The number of hydrogen-bond acceptors (Lipinski definition) is 1. The SMILES string of the molecule is OCc1ccccc1-n1cc(-n2cccc2)cc1-c1cc[nH]c1. The maximum Gasteiger partial charge on any atom is 0.0702 e. The van der Waals surface area contributed by atoms with E-state index >= 15 is 0 Å². The number of para-hydroxylation sites is 1. The van der Waals surface area contributed by atoms with Crippen LogP contribution < -0.4 is 0 Å². The zero-order chi connectivity index (χ0) is 15.6. The maximum atomic E-state index is 9.67. The zero-order valence-corrected chi connectivity index (χ0v) is 12.6. The standard InChI is InChI=1S/C19H17N3O/c23-14-16-5-1-2-6-18(16)22-13-17(21-9-3-4-10-21)11-19(22)15-7-8-20-12-15/h1-13,20,23H,14H2. The molecule has 2 N–H and O–H groups in total. The first-order valence-corrected chi connectivity index (χ1v) is 7.55. The van der Waals surface area contributed by atoms with E-state index < -0.39 is 0 Å². The molecule has 23 heavy (non-hydrogen) atoms. The Labute approximate surface area is 134 Å². The van der Waals surface area contributed by atoms with E-state index in [-0.39, 0.29) is 6.61 Å². The van der Waals surface area contributed by atoms with Crippen molar-refractivity contribution >= 4 is 0 Å². The Morgan fingerprint density at radius 1 is 1.00 bits per heavy atom. The molecule has 4 heteroatoms. The molecule has 0 bridgehead atoms. The summed E-state index contributed by atoms with van der Waals surface area (Å²) in [7, 11) is 0. The average molecular weight is 303 g/mol. The summed E-state index contributed by atoms with van der Waals surface area (Å²) in [5, 5.41) is 9.67. The Balaban J connectivity index is 1.94. The number of aromatic nitrogens is 3. The minimum absolute atomic E-state index is 0.0137. The monoisotopic (exact) mass is 303 g/mol. The second kappa shape index (κ2) is 5.66. The topological polar surface area (TPSA) is 45.9 Å². The number of nitrogens with one attached hydrogen (secondary N) is 1. The number of hydrogen-bond donors (Lipinski definition) is 2. The van der Waals surface area contributed by atoms with Gasteiger partial charge in [0, 0.05) is 42.1 Å². The molecule has 1 aromatic carbocycles. The molecule has 114 valence electrons. The number of aliphatic hydroxyl groups excluding tert-OH is 1. The zero-order valence-electron chi connectivity index (χ0n) is 12.6. The summed E-state index contributed by atoms with van der Waals surface area (Å²) in [6.07, 6.45) is 10.0. The number of aliphatic hydroxyl groups is 1. The molecule has 0 spiro atoms. The van der Waals surface area contributed by atoms with E-state index in [1.807, 2.05) is 67.3 Å². The van der Waals surface area contributed by atoms with Gasteiger partial charge in [0.1, 0.15) is 0 Å². The Bertz CT molecular complexity index is 902.